The van der Waals surface area contributed by atoms with Crippen LogP contribution in [0.4, 0.5) is 0 Å². The fraction of sp³-hybridized carbons (Fsp3) is 0.591. The lowest BCUT2D eigenvalue weighted by molar-refractivity contribution is -0.471. The zero-order valence-electron chi connectivity index (χ0n) is 17.1. The van der Waals surface area contributed by atoms with Crippen molar-refractivity contribution in [3.63, 3.8) is 0 Å². The molecule has 0 spiro atoms. The van der Waals surface area contributed by atoms with Crippen LogP contribution >= 0.6 is 0 Å². The van der Waals surface area contributed by atoms with Gasteiger partial charge in [0.2, 0.25) is 0 Å². The molecule has 25 heavy (non-hydrogen) atoms. The molecule has 0 aliphatic rings. The molecule has 0 amide bonds. The molecule has 0 fully saturated rings. The highest BCUT2D eigenvalue weighted by molar-refractivity contribution is 6.76. The molecule has 0 bridgehead atoms. The normalized spacial score (nSPS) is 14.9. The zero-order valence-corrected chi connectivity index (χ0v) is 18.1. The van der Waals surface area contributed by atoms with E-state index in [1.165, 1.54) is 6.04 Å². The van der Waals surface area contributed by atoms with E-state index in [4.69, 9.17) is 0 Å². The number of hydroxylamine groups is 1. The van der Waals surface area contributed by atoms with Crippen LogP contribution in [0.25, 0.3) is 0 Å². The summed E-state index contributed by atoms with van der Waals surface area (Å²) in [5.41, 5.74) is 1.28. The molecular weight excluding hydrogens is 322 g/mol. The third kappa shape index (κ3) is 10.3. The van der Waals surface area contributed by atoms with Crippen molar-refractivity contribution in [3.8, 4) is 0 Å². The van der Waals surface area contributed by atoms with E-state index in [2.05, 4.69) is 52.6 Å². The molecule has 1 atom stereocenters. The molecule has 1 aromatic rings. The summed E-state index contributed by atoms with van der Waals surface area (Å²) in [5.74, 6) is 0.524. The minimum Gasteiger partial charge on any atom is -0.624 e. The molecule has 0 saturated carbocycles. The standard InChI is InChI=1S/C22H37NOSi/c1-22(2,3)21(15-11-8-12-18-25(4,5)6)16-17-23(24)19-20-13-9-7-10-14-20/h7-10,12-14,17,21H,11,15-16,18-19H2,1-6H3/b12-8-,23-17-. The number of hydrogen-bond acceptors (Lipinski definition) is 1. The molecule has 0 aliphatic heterocycles. The Bertz CT molecular complexity index is 550. The highest BCUT2D eigenvalue weighted by Gasteiger charge is 2.24. The fourth-order valence-electron chi connectivity index (χ4n) is 2.83. The summed E-state index contributed by atoms with van der Waals surface area (Å²) in [6.45, 7) is 14.5. The van der Waals surface area contributed by atoms with E-state index >= 15 is 0 Å². The summed E-state index contributed by atoms with van der Waals surface area (Å²) in [5, 5.41) is 12.2. The van der Waals surface area contributed by atoms with E-state index in [-0.39, 0.29) is 5.41 Å². The van der Waals surface area contributed by atoms with E-state index in [0.29, 0.717) is 12.5 Å². The smallest absolute Gasteiger partial charge is 0.178 e. The van der Waals surface area contributed by atoms with Gasteiger partial charge in [-0.05, 0) is 30.2 Å². The van der Waals surface area contributed by atoms with Crippen LogP contribution in [-0.2, 0) is 6.54 Å². The Balaban J connectivity index is 2.54. The van der Waals surface area contributed by atoms with Crippen LogP contribution in [0.15, 0.2) is 42.5 Å². The predicted octanol–water partition coefficient (Wildman–Crippen LogP) is 6.49. The average Bonchev–Trinajstić information content (AvgIpc) is 2.48. The van der Waals surface area contributed by atoms with Crippen molar-refractivity contribution in [1.82, 2.24) is 0 Å². The first-order valence-corrected chi connectivity index (χ1v) is 13.2. The van der Waals surface area contributed by atoms with Gasteiger partial charge in [-0.3, -0.25) is 0 Å². The van der Waals surface area contributed by atoms with Crippen LogP contribution in [0.1, 0.15) is 45.6 Å². The van der Waals surface area contributed by atoms with Gasteiger partial charge < -0.3 is 5.21 Å². The first-order valence-electron chi connectivity index (χ1n) is 9.54. The lowest BCUT2D eigenvalue weighted by Crippen LogP contribution is -2.22. The maximum absolute atomic E-state index is 12.2. The van der Waals surface area contributed by atoms with Crippen LogP contribution in [0.5, 0.6) is 0 Å². The number of allylic oxidation sites excluding steroid dienone is 2. The molecule has 140 valence electrons. The maximum Gasteiger partial charge on any atom is 0.178 e. The second-order valence-electron chi connectivity index (χ2n) is 9.36. The minimum absolute atomic E-state index is 0.219. The maximum atomic E-state index is 12.2. The summed E-state index contributed by atoms with van der Waals surface area (Å²) in [4.78, 5) is 0. The number of benzene rings is 1. The summed E-state index contributed by atoms with van der Waals surface area (Å²) >= 11 is 0. The topological polar surface area (TPSA) is 26.1 Å². The minimum atomic E-state index is -0.979. The van der Waals surface area contributed by atoms with E-state index in [0.717, 1.165) is 29.6 Å². The Hall–Kier alpha value is -1.35. The van der Waals surface area contributed by atoms with Crippen molar-refractivity contribution in [2.24, 2.45) is 11.3 Å². The van der Waals surface area contributed by atoms with Crippen LogP contribution < -0.4 is 0 Å². The first-order chi connectivity index (χ1) is 11.6. The molecule has 0 aromatic heterocycles. The second kappa shape index (κ2) is 9.96. The SMILES string of the molecule is CC(C)(C)C(C/C=[N+](\[O-])Cc1ccccc1)CC/C=C\C[Si](C)(C)C. The van der Waals surface area contributed by atoms with E-state index < -0.39 is 8.07 Å². The third-order valence-electron chi connectivity index (χ3n) is 4.58. The van der Waals surface area contributed by atoms with Crippen molar-refractivity contribution in [3.05, 3.63) is 53.3 Å². The van der Waals surface area contributed by atoms with Gasteiger partial charge in [0.25, 0.3) is 0 Å². The second-order valence-corrected chi connectivity index (χ2v) is 14.9. The van der Waals surface area contributed by atoms with Gasteiger partial charge in [0.15, 0.2) is 12.8 Å². The van der Waals surface area contributed by atoms with Crippen molar-refractivity contribution in [2.45, 2.75) is 72.3 Å². The van der Waals surface area contributed by atoms with Crippen molar-refractivity contribution in [2.75, 3.05) is 0 Å². The van der Waals surface area contributed by atoms with Gasteiger partial charge in [-0.1, -0.05) is 82.9 Å². The van der Waals surface area contributed by atoms with Crippen molar-refractivity contribution >= 4 is 14.3 Å². The largest absolute Gasteiger partial charge is 0.624 e. The van der Waals surface area contributed by atoms with Gasteiger partial charge in [-0.15, -0.1) is 0 Å². The third-order valence-corrected chi connectivity index (χ3v) is 6.04. The molecule has 1 aromatic carbocycles. The molecule has 0 heterocycles. The number of rotatable bonds is 9. The van der Waals surface area contributed by atoms with Gasteiger partial charge >= 0.3 is 0 Å². The highest BCUT2D eigenvalue weighted by atomic mass is 28.3. The highest BCUT2D eigenvalue weighted by Crippen LogP contribution is 2.32. The average molecular weight is 360 g/mol. The van der Waals surface area contributed by atoms with E-state index in [1.54, 1.807) is 0 Å². The number of hydrogen-bond donors (Lipinski definition) is 0. The summed E-state index contributed by atoms with van der Waals surface area (Å²) in [6, 6.07) is 11.2. The Labute approximate surface area is 156 Å². The molecule has 3 heteroatoms. The monoisotopic (exact) mass is 359 g/mol. The fourth-order valence-corrected chi connectivity index (χ4v) is 3.70. The predicted molar refractivity (Wildman–Crippen MR) is 114 cm³/mol. The zero-order chi connectivity index (χ0) is 18.9. The Morgan fingerprint density at radius 1 is 1.08 bits per heavy atom. The quantitative estimate of drug-likeness (QED) is 0.123. The van der Waals surface area contributed by atoms with Gasteiger partial charge in [0.1, 0.15) is 0 Å². The summed E-state index contributed by atoms with van der Waals surface area (Å²) in [7, 11) is -0.979. The van der Waals surface area contributed by atoms with E-state index in [1.807, 2.05) is 36.5 Å². The molecular formula is C22H37NOSi. The van der Waals surface area contributed by atoms with Crippen LogP contribution in [0, 0.1) is 16.5 Å². The van der Waals surface area contributed by atoms with Gasteiger partial charge in [0.05, 0.1) is 0 Å². The Morgan fingerprint density at radius 2 is 1.72 bits per heavy atom. The molecule has 0 saturated heterocycles. The molecule has 0 N–H and O–H groups in total. The molecule has 1 rings (SSSR count). The Kier molecular flexibility index (Phi) is 8.64. The van der Waals surface area contributed by atoms with Gasteiger partial charge in [-0.2, -0.15) is 0 Å². The lowest BCUT2D eigenvalue weighted by atomic mass is 9.76. The van der Waals surface area contributed by atoms with Crippen LogP contribution in [0.2, 0.25) is 25.7 Å². The van der Waals surface area contributed by atoms with Crippen LogP contribution in [-0.4, -0.2) is 19.0 Å². The number of nitrogens with zero attached hydrogens (tertiary/aromatic N) is 1. The molecule has 0 radical (unpaired) electrons. The molecule has 1 unspecified atom stereocenters. The summed E-state index contributed by atoms with van der Waals surface area (Å²) < 4.78 is 1.09. The Morgan fingerprint density at radius 3 is 2.28 bits per heavy atom. The van der Waals surface area contributed by atoms with Gasteiger partial charge in [0, 0.05) is 20.1 Å². The van der Waals surface area contributed by atoms with Crippen molar-refractivity contribution < 1.29 is 4.74 Å². The molecule has 2 nitrogen and oxygen atoms in total. The lowest BCUT2D eigenvalue weighted by Gasteiger charge is -2.29. The van der Waals surface area contributed by atoms with E-state index in [9.17, 15) is 5.21 Å². The molecule has 0 aliphatic carbocycles. The summed E-state index contributed by atoms with van der Waals surface area (Å²) in [6.07, 6.45) is 9.65. The van der Waals surface area contributed by atoms with Gasteiger partial charge in [-0.25, -0.2) is 4.74 Å². The first kappa shape index (κ1) is 21.7. The van der Waals surface area contributed by atoms with Crippen molar-refractivity contribution in [1.29, 1.82) is 0 Å². The van der Waals surface area contributed by atoms with Crippen LogP contribution in [0.3, 0.4) is 0 Å².